The van der Waals surface area contributed by atoms with E-state index in [0.29, 0.717) is 18.2 Å². The lowest BCUT2D eigenvalue weighted by molar-refractivity contribution is 0.268. The maximum Gasteiger partial charge on any atom is 0.258 e. The van der Waals surface area contributed by atoms with Crippen molar-refractivity contribution in [3.05, 3.63) is 23.9 Å². The monoisotopic (exact) mass is 315 g/mol. The molecule has 0 atom stereocenters. The standard InChI is InChI=1S/C14H25N3O3S/c1-12(2)17(3)9-5-4-8-16-21(19,20)14-7-6-13(11-18)10-15-14/h6-7,10,12,16,18H,4-5,8-9,11H2,1-3H3. The minimum atomic E-state index is -3.56. The van der Waals surface area contributed by atoms with Gasteiger partial charge in [0.25, 0.3) is 10.0 Å². The first-order chi connectivity index (χ1) is 9.86. The average Bonchev–Trinajstić information content (AvgIpc) is 2.46. The topological polar surface area (TPSA) is 82.5 Å². The summed E-state index contributed by atoms with van der Waals surface area (Å²) in [6.07, 6.45) is 3.09. The number of unbranched alkanes of at least 4 members (excludes halogenated alkanes) is 1. The van der Waals surface area contributed by atoms with Crippen LogP contribution in [-0.4, -0.2) is 49.6 Å². The molecular formula is C14H25N3O3S. The quantitative estimate of drug-likeness (QED) is 0.664. The molecule has 1 heterocycles. The fourth-order valence-electron chi connectivity index (χ4n) is 1.69. The molecule has 0 bridgehead atoms. The van der Waals surface area contributed by atoms with Crippen molar-refractivity contribution in [1.29, 1.82) is 0 Å². The first-order valence-electron chi connectivity index (χ1n) is 7.12. The van der Waals surface area contributed by atoms with E-state index in [0.717, 1.165) is 19.4 Å². The van der Waals surface area contributed by atoms with Crippen molar-refractivity contribution in [3.63, 3.8) is 0 Å². The average molecular weight is 315 g/mol. The molecule has 0 aromatic carbocycles. The van der Waals surface area contributed by atoms with E-state index >= 15 is 0 Å². The van der Waals surface area contributed by atoms with Crippen LogP contribution in [0, 0.1) is 0 Å². The van der Waals surface area contributed by atoms with E-state index in [9.17, 15) is 8.42 Å². The number of hydrogen-bond acceptors (Lipinski definition) is 5. The highest BCUT2D eigenvalue weighted by atomic mass is 32.2. The Morgan fingerprint density at radius 3 is 2.57 bits per heavy atom. The van der Waals surface area contributed by atoms with E-state index in [2.05, 4.69) is 35.5 Å². The normalized spacial score (nSPS) is 12.3. The van der Waals surface area contributed by atoms with Crippen LogP contribution in [0.2, 0.25) is 0 Å². The summed E-state index contributed by atoms with van der Waals surface area (Å²) >= 11 is 0. The van der Waals surface area contributed by atoms with Gasteiger partial charge in [0.05, 0.1) is 6.61 Å². The van der Waals surface area contributed by atoms with E-state index in [1.165, 1.54) is 12.3 Å². The Hall–Kier alpha value is -1.02. The predicted octanol–water partition coefficient (Wildman–Crippen LogP) is 0.973. The van der Waals surface area contributed by atoms with Gasteiger partial charge in [-0.2, -0.15) is 0 Å². The molecule has 0 saturated carbocycles. The summed E-state index contributed by atoms with van der Waals surface area (Å²) in [5.74, 6) is 0. The number of aliphatic hydroxyl groups excluding tert-OH is 1. The summed E-state index contributed by atoms with van der Waals surface area (Å²) < 4.78 is 26.5. The molecule has 0 unspecified atom stereocenters. The molecule has 7 heteroatoms. The Bertz CT molecular complexity index is 515. The number of aromatic nitrogens is 1. The van der Waals surface area contributed by atoms with E-state index in [1.54, 1.807) is 6.07 Å². The molecule has 0 aliphatic heterocycles. The molecule has 2 N–H and O–H groups in total. The van der Waals surface area contributed by atoms with Crippen LogP contribution in [0.4, 0.5) is 0 Å². The number of hydrogen-bond donors (Lipinski definition) is 2. The van der Waals surface area contributed by atoms with Crippen LogP contribution in [0.5, 0.6) is 0 Å². The number of rotatable bonds is 9. The fraction of sp³-hybridized carbons (Fsp3) is 0.643. The van der Waals surface area contributed by atoms with Gasteiger partial charge in [0, 0.05) is 18.8 Å². The second-order valence-corrected chi connectivity index (χ2v) is 7.06. The highest BCUT2D eigenvalue weighted by Crippen LogP contribution is 2.07. The number of sulfonamides is 1. The fourth-order valence-corrected chi connectivity index (χ4v) is 2.69. The minimum Gasteiger partial charge on any atom is -0.392 e. The van der Waals surface area contributed by atoms with Gasteiger partial charge in [0.2, 0.25) is 0 Å². The van der Waals surface area contributed by atoms with Crippen LogP contribution in [0.1, 0.15) is 32.3 Å². The van der Waals surface area contributed by atoms with Crippen molar-refractivity contribution >= 4 is 10.0 Å². The Labute approximate surface area is 127 Å². The molecule has 21 heavy (non-hydrogen) atoms. The van der Waals surface area contributed by atoms with Gasteiger partial charge in [-0.05, 0) is 51.9 Å². The molecule has 1 aromatic rings. The van der Waals surface area contributed by atoms with E-state index < -0.39 is 10.0 Å². The van der Waals surface area contributed by atoms with Crippen LogP contribution in [-0.2, 0) is 16.6 Å². The lowest BCUT2D eigenvalue weighted by atomic mass is 10.2. The van der Waals surface area contributed by atoms with Crippen LogP contribution in [0.25, 0.3) is 0 Å². The zero-order valence-corrected chi connectivity index (χ0v) is 13.7. The molecule has 0 saturated heterocycles. The van der Waals surface area contributed by atoms with Gasteiger partial charge in [0.15, 0.2) is 5.03 Å². The zero-order chi connectivity index (χ0) is 15.9. The van der Waals surface area contributed by atoms with Gasteiger partial charge in [-0.3, -0.25) is 0 Å². The van der Waals surface area contributed by atoms with Gasteiger partial charge in [-0.1, -0.05) is 6.07 Å². The number of nitrogens with zero attached hydrogens (tertiary/aromatic N) is 2. The Balaban J connectivity index is 2.39. The van der Waals surface area contributed by atoms with Gasteiger partial charge in [-0.15, -0.1) is 0 Å². The van der Waals surface area contributed by atoms with Crippen molar-refractivity contribution in [2.45, 2.75) is 44.4 Å². The third kappa shape index (κ3) is 6.09. The summed E-state index contributed by atoms with van der Waals surface area (Å²) in [7, 11) is -1.50. The maximum absolute atomic E-state index is 12.0. The number of pyridine rings is 1. The summed E-state index contributed by atoms with van der Waals surface area (Å²) in [5, 5.41) is 8.89. The summed E-state index contributed by atoms with van der Waals surface area (Å²) in [5.41, 5.74) is 0.589. The van der Waals surface area contributed by atoms with Crippen molar-refractivity contribution in [2.75, 3.05) is 20.1 Å². The van der Waals surface area contributed by atoms with Gasteiger partial charge >= 0.3 is 0 Å². The zero-order valence-electron chi connectivity index (χ0n) is 12.9. The molecule has 0 radical (unpaired) electrons. The minimum absolute atomic E-state index is 0.0148. The van der Waals surface area contributed by atoms with Crippen LogP contribution >= 0.6 is 0 Å². The summed E-state index contributed by atoms with van der Waals surface area (Å²) in [6, 6.07) is 3.45. The number of nitrogens with one attached hydrogen (secondary N) is 1. The molecule has 1 aromatic heterocycles. The highest BCUT2D eigenvalue weighted by Gasteiger charge is 2.14. The van der Waals surface area contributed by atoms with Crippen molar-refractivity contribution in [1.82, 2.24) is 14.6 Å². The van der Waals surface area contributed by atoms with E-state index in [4.69, 9.17) is 5.11 Å². The third-order valence-electron chi connectivity index (χ3n) is 3.37. The molecular weight excluding hydrogens is 290 g/mol. The van der Waals surface area contributed by atoms with Gasteiger partial charge < -0.3 is 10.0 Å². The van der Waals surface area contributed by atoms with Gasteiger partial charge in [0.1, 0.15) is 0 Å². The molecule has 0 spiro atoms. The van der Waals surface area contributed by atoms with Crippen molar-refractivity contribution in [3.8, 4) is 0 Å². The van der Waals surface area contributed by atoms with Crippen LogP contribution in [0.15, 0.2) is 23.4 Å². The SMILES string of the molecule is CC(C)N(C)CCCCNS(=O)(=O)c1ccc(CO)cn1. The molecule has 0 amide bonds. The molecule has 120 valence electrons. The van der Waals surface area contributed by atoms with E-state index in [1.807, 2.05) is 0 Å². The molecule has 1 rings (SSSR count). The Morgan fingerprint density at radius 1 is 1.33 bits per heavy atom. The van der Waals surface area contributed by atoms with Crippen molar-refractivity contribution in [2.24, 2.45) is 0 Å². The van der Waals surface area contributed by atoms with Crippen molar-refractivity contribution < 1.29 is 13.5 Å². The second kappa shape index (κ2) is 8.43. The molecule has 6 nitrogen and oxygen atoms in total. The predicted molar refractivity (Wildman–Crippen MR) is 82.3 cm³/mol. The van der Waals surface area contributed by atoms with Gasteiger partial charge in [-0.25, -0.2) is 18.1 Å². The number of aliphatic hydroxyl groups is 1. The second-order valence-electron chi connectivity index (χ2n) is 5.34. The van der Waals surface area contributed by atoms with Crippen LogP contribution in [0.3, 0.4) is 0 Å². The summed E-state index contributed by atoms with van der Waals surface area (Å²) in [4.78, 5) is 6.08. The molecule has 0 fully saturated rings. The first kappa shape index (κ1) is 18.0. The molecule has 0 aliphatic carbocycles. The third-order valence-corrected chi connectivity index (χ3v) is 4.74. The highest BCUT2D eigenvalue weighted by molar-refractivity contribution is 7.89. The lowest BCUT2D eigenvalue weighted by Crippen LogP contribution is -2.29. The first-order valence-corrected chi connectivity index (χ1v) is 8.61. The summed E-state index contributed by atoms with van der Waals surface area (Å²) in [6.45, 7) is 5.46. The van der Waals surface area contributed by atoms with Crippen LogP contribution < -0.4 is 4.72 Å². The Kier molecular flexibility index (Phi) is 7.24. The van der Waals surface area contributed by atoms with E-state index in [-0.39, 0.29) is 11.6 Å². The smallest absolute Gasteiger partial charge is 0.258 e. The molecule has 0 aliphatic rings. The largest absolute Gasteiger partial charge is 0.392 e. The lowest BCUT2D eigenvalue weighted by Gasteiger charge is -2.20. The Morgan fingerprint density at radius 2 is 2.05 bits per heavy atom. The maximum atomic E-state index is 12.0.